The van der Waals surface area contributed by atoms with Gasteiger partial charge in [-0.25, -0.2) is 4.79 Å². The van der Waals surface area contributed by atoms with Gasteiger partial charge >= 0.3 is 12.1 Å². The van der Waals surface area contributed by atoms with Gasteiger partial charge in [0.1, 0.15) is 0 Å². The van der Waals surface area contributed by atoms with Crippen LogP contribution < -0.4 is 0 Å². The number of carbonyl (C=O) groups is 1. The van der Waals surface area contributed by atoms with Gasteiger partial charge in [-0.2, -0.15) is 9.59 Å². The number of aryl methyl sites for hydroxylation is 1. The molecule has 4 nitrogen and oxygen atoms in total. The second-order valence-corrected chi connectivity index (χ2v) is 4.02. The molecular weight excluding hydrogens is 256 g/mol. The van der Waals surface area contributed by atoms with E-state index < -0.39 is 0 Å². The monoisotopic (exact) mass is 270 g/mol. The Morgan fingerprint density at radius 3 is 1.70 bits per heavy atom. The maximum Gasteiger partial charge on any atom is 0.373 e. The van der Waals surface area contributed by atoms with Crippen LogP contribution in [-0.4, -0.2) is 19.2 Å². The summed E-state index contributed by atoms with van der Waals surface area (Å²) in [5, 5.41) is 0. The second kappa shape index (κ2) is 7.67. The summed E-state index contributed by atoms with van der Waals surface area (Å²) in [6, 6.07) is 15.7. The quantitative estimate of drug-likeness (QED) is 0.787. The molecule has 0 radical (unpaired) electrons. The van der Waals surface area contributed by atoms with Crippen molar-refractivity contribution in [1.82, 2.24) is 0 Å². The largest absolute Gasteiger partial charge is 0.465 e. The first kappa shape index (κ1) is 15.3. The lowest BCUT2D eigenvalue weighted by atomic mass is 10.0. The lowest BCUT2D eigenvalue weighted by Gasteiger charge is -2.04. The van der Waals surface area contributed by atoms with Crippen LogP contribution in [0.3, 0.4) is 0 Å². The molecule has 0 aliphatic rings. The van der Waals surface area contributed by atoms with Crippen LogP contribution in [-0.2, 0) is 14.3 Å². The van der Waals surface area contributed by atoms with E-state index in [1.54, 1.807) is 12.1 Å². The maximum atomic E-state index is 11.3. The lowest BCUT2D eigenvalue weighted by Crippen LogP contribution is -2.00. The molecule has 4 heteroatoms. The van der Waals surface area contributed by atoms with Crippen LogP contribution in [0.1, 0.15) is 15.9 Å². The molecule has 0 aromatic heterocycles. The second-order valence-electron chi connectivity index (χ2n) is 4.02. The zero-order chi connectivity index (χ0) is 15.0. The summed E-state index contributed by atoms with van der Waals surface area (Å²) in [5.41, 5.74) is 4.05. The maximum absolute atomic E-state index is 11.3. The predicted molar refractivity (Wildman–Crippen MR) is 73.0 cm³/mol. The molecule has 0 saturated carbocycles. The Kier molecular flexibility index (Phi) is 5.88. The van der Waals surface area contributed by atoms with Crippen molar-refractivity contribution in [2.45, 2.75) is 6.92 Å². The highest BCUT2D eigenvalue weighted by atomic mass is 16.5. The summed E-state index contributed by atoms with van der Waals surface area (Å²) in [5.74, 6) is -0.305. The van der Waals surface area contributed by atoms with E-state index in [-0.39, 0.29) is 12.1 Å². The number of ether oxygens (including phenoxy) is 1. The highest BCUT2D eigenvalue weighted by Crippen LogP contribution is 2.20. The fraction of sp³-hybridized carbons (Fsp3) is 0.125. The molecule has 0 atom stereocenters. The molecule has 0 N–H and O–H groups in total. The van der Waals surface area contributed by atoms with E-state index >= 15 is 0 Å². The summed E-state index contributed by atoms with van der Waals surface area (Å²) >= 11 is 0. The van der Waals surface area contributed by atoms with Gasteiger partial charge in [-0.1, -0.05) is 42.0 Å². The van der Waals surface area contributed by atoms with Crippen LogP contribution in [0.25, 0.3) is 11.1 Å². The molecule has 2 rings (SSSR count). The van der Waals surface area contributed by atoms with Crippen LogP contribution in [0.2, 0.25) is 0 Å². The molecule has 2 aromatic carbocycles. The molecule has 0 heterocycles. The van der Waals surface area contributed by atoms with Gasteiger partial charge in [-0.3, -0.25) is 0 Å². The van der Waals surface area contributed by atoms with Gasteiger partial charge in [-0.15, -0.1) is 0 Å². The Bertz CT molecular complexity index is 591. The zero-order valence-electron chi connectivity index (χ0n) is 11.3. The van der Waals surface area contributed by atoms with E-state index in [1.165, 1.54) is 12.7 Å². The summed E-state index contributed by atoms with van der Waals surface area (Å²) < 4.78 is 4.66. The molecule has 0 fully saturated rings. The third-order valence-electron chi connectivity index (χ3n) is 2.69. The Morgan fingerprint density at radius 1 is 0.900 bits per heavy atom. The third-order valence-corrected chi connectivity index (χ3v) is 2.69. The lowest BCUT2D eigenvalue weighted by molar-refractivity contribution is -0.191. The molecule has 0 aliphatic carbocycles. The van der Waals surface area contributed by atoms with Gasteiger partial charge in [-0.05, 0) is 30.2 Å². The van der Waals surface area contributed by atoms with Gasteiger partial charge < -0.3 is 4.74 Å². The highest BCUT2D eigenvalue weighted by molar-refractivity contribution is 5.89. The summed E-state index contributed by atoms with van der Waals surface area (Å²) in [6.45, 7) is 2.06. The fourth-order valence-corrected chi connectivity index (χ4v) is 1.66. The highest BCUT2D eigenvalue weighted by Gasteiger charge is 2.04. The SMILES string of the molecule is COC(=O)c1ccc(-c2ccc(C)cc2)cc1.O=C=O. The molecule has 0 spiro atoms. The normalized spacial score (nSPS) is 8.90. The number of esters is 1. The molecular formula is C16H14O4. The van der Waals surface area contributed by atoms with Gasteiger partial charge in [0, 0.05) is 0 Å². The zero-order valence-corrected chi connectivity index (χ0v) is 11.3. The van der Waals surface area contributed by atoms with Crippen LogP contribution in [0, 0.1) is 6.92 Å². The summed E-state index contributed by atoms with van der Waals surface area (Å²) in [7, 11) is 1.39. The van der Waals surface area contributed by atoms with Crippen molar-refractivity contribution >= 4 is 12.1 Å². The standard InChI is InChI=1S/C15H14O2.CO2/c1-11-3-5-12(6-4-11)13-7-9-14(10-8-13)15(16)17-2;2-1-3/h3-10H,1-2H3;. The summed E-state index contributed by atoms with van der Waals surface area (Å²) in [6.07, 6.45) is 0.250. The first-order valence-electron chi connectivity index (χ1n) is 5.87. The van der Waals surface area contributed by atoms with Crippen molar-refractivity contribution in [3.05, 3.63) is 59.7 Å². The minimum Gasteiger partial charge on any atom is -0.465 e. The minimum atomic E-state index is -0.305. The van der Waals surface area contributed by atoms with Crippen molar-refractivity contribution in [3.8, 4) is 11.1 Å². The van der Waals surface area contributed by atoms with Crippen molar-refractivity contribution < 1.29 is 19.1 Å². The van der Waals surface area contributed by atoms with Crippen LogP contribution in [0.4, 0.5) is 0 Å². The minimum absolute atomic E-state index is 0.250. The number of methoxy groups -OCH3 is 1. The van der Waals surface area contributed by atoms with Crippen LogP contribution >= 0.6 is 0 Å². The van der Waals surface area contributed by atoms with Crippen LogP contribution in [0.15, 0.2) is 48.5 Å². The van der Waals surface area contributed by atoms with E-state index in [2.05, 4.69) is 35.9 Å². The number of hydrogen-bond donors (Lipinski definition) is 0. The Hall–Kier alpha value is -2.71. The van der Waals surface area contributed by atoms with E-state index in [0.29, 0.717) is 5.56 Å². The average molecular weight is 270 g/mol. The molecule has 102 valence electrons. The van der Waals surface area contributed by atoms with E-state index in [0.717, 1.165) is 11.1 Å². The topological polar surface area (TPSA) is 60.4 Å². The third kappa shape index (κ3) is 4.19. The van der Waals surface area contributed by atoms with Crippen molar-refractivity contribution in [3.63, 3.8) is 0 Å². The van der Waals surface area contributed by atoms with Gasteiger partial charge in [0.2, 0.25) is 0 Å². The van der Waals surface area contributed by atoms with E-state index in [9.17, 15) is 4.79 Å². The first-order valence-corrected chi connectivity index (χ1v) is 5.87. The van der Waals surface area contributed by atoms with Crippen LogP contribution in [0.5, 0.6) is 0 Å². The molecule has 0 amide bonds. The fourth-order valence-electron chi connectivity index (χ4n) is 1.66. The molecule has 0 aliphatic heterocycles. The predicted octanol–water partition coefficient (Wildman–Crippen LogP) is 2.87. The molecule has 0 bridgehead atoms. The molecule has 20 heavy (non-hydrogen) atoms. The van der Waals surface area contributed by atoms with Crippen molar-refractivity contribution in [1.29, 1.82) is 0 Å². The number of benzene rings is 2. The number of rotatable bonds is 2. The van der Waals surface area contributed by atoms with E-state index in [1.807, 2.05) is 12.1 Å². The smallest absolute Gasteiger partial charge is 0.373 e. The number of hydrogen-bond acceptors (Lipinski definition) is 4. The molecule has 0 unspecified atom stereocenters. The first-order chi connectivity index (χ1) is 9.62. The van der Waals surface area contributed by atoms with Gasteiger partial charge in [0.15, 0.2) is 0 Å². The number of carbonyl (C=O) groups excluding carboxylic acids is 3. The Labute approximate surface area is 117 Å². The molecule has 0 saturated heterocycles. The van der Waals surface area contributed by atoms with E-state index in [4.69, 9.17) is 9.59 Å². The Morgan fingerprint density at radius 2 is 1.30 bits per heavy atom. The van der Waals surface area contributed by atoms with Gasteiger partial charge in [0.05, 0.1) is 12.7 Å². The summed E-state index contributed by atoms with van der Waals surface area (Å²) in [4.78, 5) is 27.5. The van der Waals surface area contributed by atoms with Crippen molar-refractivity contribution in [2.75, 3.05) is 7.11 Å². The average Bonchev–Trinajstić information content (AvgIpc) is 2.48. The Balaban J connectivity index is 0.000000612. The van der Waals surface area contributed by atoms with Gasteiger partial charge in [0.25, 0.3) is 0 Å². The molecule has 2 aromatic rings. The van der Waals surface area contributed by atoms with Crippen molar-refractivity contribution in [2.24, 2.45) is 0 Å².